The maximum atomic E-state index is 13.0. The van der Waals surface area contributed by atoms with Crippen LogP contribution in [0.25, 0.3) is 0 Å². The lowest BCUT2D eigenvalue weighted by Crippen LogP contribution is -2.58. The molecule has 2 saturated heterocycles. The number of ether oxygens (including phenoxy) is 1. The van der Waals surface area contributed by atoms with Crippen LogP contribution in [0.1, 0.15) is 25.7 Å². The second kappa shape index (κ2) is 11.1. The van der Waals surface area contributed by atoms with Crippen LogP contribution in [-0.2, 0) is 18.0 Å². The zero-order chi connectivity index (χ0) is 22.3. The van der Waals surface area contributed by atoms with Crippen LogP contribution >= 0.6 is 36.7 Å². The van der Waals surface area contributed by atoms with Crippen LogP contribution in [-0.4, -0.2) is 58.0 Å². The lowest BCUT2D eigenvalue weighted by molar-refractivity contribution is -0.140. The number of amides is 1. The van der Waals surface area contributed by atoms with Crippen molar-refractivity contribution >= 4 is 48.6 Å². The summed E-state index contributed by atoms with van der Waals surface area (Å²) in [5.41, 5.74) is 5.50. The third kappa shape index (κ3) is 6.67. The minimum atomic E-state index is -1.14. The zero-order valence-electron chi connectivity index (χ0n) is 16.8. The average Bonchev–Trinajstić information content (AvgIpc) is 3.68. The fourth-order valence-corrected chi connectivity index (χ4v) is 4.45. The first kappa shape index (κ1) is 24.5. The molecule has 0 spiro atoms. The molecule has 2 heterocycles. The van der Waals surface area contributed by atoms with Crippen LogP contribution in [0.5, 0.6) is 5.75 Å². The Morgan fingerprint density at radius 2 is 1.90 bits per heavy atom. The van der Waals surface area contributed by atoms with Gasteiger partial charge in [0, 0.05) is 12.0 Å². The summed E-state index contributed by atoms with van der Waals surface area (Å²) in [4.78, 5) is 23.5. The van der Waals surface area contributed by atoms with E-state index in [-0.39, 0.29) is 12.5 Å². The predicted octanol–water partition coefficient (Wildman–Crippen LogP) is 1.75. The molecule has 31 heavy (non-hydrogen) atoms. The van der Waals surface area contributed by atoms with E-state index in [0.717, 1.165) is 30.5 Å². The first-order chi connectivity index (χ1) is 14.9. The third-order valence-electron chi connectivity index (χ3n) is 4.87. The highest BCUT2D eigenvalue weighted by Gasteiger charge is 2.61. The molecule has 1 aromatic carbocycles. The molecule has 1 aromatic rings. The lowest BCUT2D eigenvalue weighted by atomic mass is 10.1. The number of carboxylic acids is 1. The summed E-state index contributed by atoms with van der Waals surface area (Å²) in [6.45, 7) is 0.554. The Kier molecular flexibility index (Phi) is 8.79. The highest BCUT2D eigenvalue weighted by atomic mass is 32.2. The van der Waals surface area contributed by atoms with E-state index in [4.69, 9.17) is 18.8 Å². The molecule has 1 amide bonds. The molecule has 0 saturated carbocycles. The third-order valence-corrected chi connectivity index (χ3v) is 6.93. The normalized spacial score (nSPS) is 26.0. The van der Waals surface area contributed by atoms with Gasteiger partial charge in [-0.05, 0) is 43.7 Å². The van der Waals surface area contributed by atoms with E-state index in [9.17, 15) is 14.7 Å². The van der Waals surface area contributed by atoms with Crippen molar-refractivity contribution in [1.82, 2.24) is 10.6 Å². The van der Waals surface area contributed by atoms with Gasteiger partial charge in [0.25, 0.3) is 10.8 Å². The van der Waals surface area contributed by atoms with Crippen molar-refractivity contribution in [3.8, 4) is 5.75 Å². The van der Waals surface area contributed by atoms with Gasteiger partial charge in [-0.2, -0.15) is 12.6 Å². The van der Waals surface area contributed by atoms with E-state index in [0.29, 0.717) is 37.3 Å². The molecule has 172 valence electrons. The fraction of sp³-hybridized carbons (Fsp3) is 0.579. The fourth-order valence-electron chi connectivity index (χ4n) is 2.99. The summed E-state index contributed by atoms with van der Waals surface area (Å²) in [6, 6.07) is 7.84. The number of thiol groups is 1. The smallest absolute Gasteiger partial charge is 0.320 e. The van der Waals surface area contributed by atoms with Gasteiger partial charge in [0.1, 0.15) is 18.4 Å². The molecule has 12 heteroatoms. The van der Waals surface area contributed by atoms with Crippen LogP contribution < -0.4 is 21.1 Å². The van der Waals surface area contributed by atoms with E-state index >= 15 is 0 Å². The summed E-state index contributed by atoms with van der Waals surface area (Å²) < 4.78 is 16.6. The Hall–Kier alpha value is -1.15. The number of carbonyl (C=O) groups is 2. The van der Waals surface area contributed by atoms with Crippen molar-refractivity contribution in [3.05, 3.63) is 30.3 Å². The summed E-state index contributed by atoms with van der Waals surface area (Å²) in [5.74, 6) is -0.214. The number of unbranched alkanes of at least 4 members (excludes halogenated alkanes) is 1. The van der Waals surface area contributed by atoms with E-state index in [1.807, 2.05) is 18.2 Å². The standard InChI is InChI=1S/C19H27N3O6S3/c20-10-5-4-8-14(16(23)24)22-19(28-31-19)15(9-11-29)21-17(25)18(27-30-18)12-26-13-6-2-1-3-7-13/h1-3,6-7,14-15,22,29H,4-5,8-12,20H2,(H,21,25)(H,23,24)/t14-,15-,18?,19?/m0/s1. The molecule has 9 nitrogen and oxygen atoms in total. The number of nitrogens with one attached hydrogen (secondary N) is 2. The van der Waals surface area contributed by atoms with Gasteiger partial charge < -0.3 is 20.9 Å². The van der Waals surface area contributed by atoms with Crippen molar-refractivity contribution in [2.24, 2.45) is 5.73 Å². The highest BCUT2D eigenvalue weighted by Crippen LogP contribution is 2.51. The highest BCUT2D eigenvalue weighted by molar-refractivity contribution is 8.02. The number of nitrogens with two attached hydrogens (primary N) is 1. The van der Waals surface area contributed by atoms with Crippen LogP contribution in [0.3, 0.4) is 0 Å². The topological polar surface area (TPSA) is 139 Å². The number of rotatable bonds is 15. The van der Waals surface area contributed by atoms with Gasteiger partial charge in [-0.25, -0.2) is 0 Å². The van der Waals surface area contributed by atoms with Crippen LogP contribution in [0.2, 0.25) is 0 Å². The molecule has 3 rings (SSSR count). The zero-order valence-corrected chi connectivity index (χ0v) is 19.3. The van der Waals surface area contributed by atoms with E-state index in [2.05, 4.69) is 23.3 Å². The maximum absolute atomic E-state index is 13.0. The summed E-state index contributed by atoms with van der Waals surface area (Å²) >= 11 is 6.43. The Bertz CT molecular complexity index is 749. The van der Waals surface area contributed by atoms with Gasteiger partial charge in [-0.1, -0.05) is 24.6 Å². The Morgan fingerprint density at radius 3 is 2.45 bits per heavy atom. The molecule has 0 aliphatic carbocycles. The SMILES string of the molecule is NCCCC[C@H](NC1([C@H](CCS)NC(=O)C2(COc3ccccc3)OS2)OS1)C(=O)O. The van der Waals surface area contributed by atoms with E-state index in [1.165, 1.54) is 0 Å². The van der Waals surface area contributed by atoms with Crippen LogP contribution in [0.15, 0.2) is 30.3 Å². The minimum absolute atomic E-state index is 0.0480. The Balaban J connectivity index is 1.60. The second-order valence-electron chi connectivity index (χ2n) is 7.21. The molecule has 5 N–H and O–H groups in total. The monoisotopic (exact) mass is 489 g/mol. The largest absolute Gasteiger partial charge is 0.489 e. The summed E-state index contributed by atoms with van der Waals surface area (Å²) in [5, 5.41) is 14.5. The van der Waals surface area contributed by atoms with Gasteiger partial charge in [-0.3, -0.25) is 23.3 Å². The Labute approximate surface area is 195 Å². The number of para-hydroxylation sites is 1. The molecule has 0 bridgehead atoms. The molecular formula is C19H27N3O6S3. The number of carbonyl (C=O) groups excluding carboxylic acids is 1. The van der Waals surface area contributed by atoms with Crippen molar-refractivity contribution in [2.45, 2.75) is 47.8 Å². The van der Waals surface area contributed by atoms with Crippen molar-refractivity contribution in [3.63, 3.8) is 0 Å². The lowest BCUT2D eigenvalue weighted by Gasteiger charge is -2.27. The van der Waals surface area contributed by atoms with Crippen molar-refractivity contribution < 1.29 is 27.8 Å². The number of hydrogen-bond acceptors (Lipinski definition) is 10. The molecule has 0 aromatic heterocycles. The summed E-state index contributed by atoms with van der Waals surface area (Å²) in [7, 11) is 0. The van der Waals surface area contributed by atoms with Gasteiger partial charge in [0.2, 0.25) is 5.06 Å². The number of benzene rings is 1. The number of carboxylic acid groups (broad SMARTS) is 1. The predicted molar refractivity (Wildman–Crippen MR) is 123 cm³/mol. The van der Waals surface area contributed by atoms with Gasteiger partial charge in [-0.15, -0.1) is 0 Å². The average molecular weight is 490 g/mol. The first-order valence-electron chi connectivity index (χ1n) is 9.98. The van der Waals surface area contributed by atoms with Gasteiger partial charge >= 0.3 is 5.97 Å². The molecular weight excluding hydrogens is 462 g/mol. The quantitative estimate of drug-likeness (QED) is 0.107. The van der Waals surface area contributed by atoms with Crippen molar-refractivity contribution in [2.75, 3.05) is 18.9 Å². The Morgan fingerprint density at radius 1 is 1.19 bits per heavy atom. The molecule has 2 fully saturated rings. The van der Waals surface area contributed by atoms with Crippen LogP contribution in [0.4, 0.5) is 0 Å². The molecule has 2 unspecified atom stereocenters. The van der Waals surface area contributed by atoms with E-state index < -0.39 is 28.0 Å². The summed E-state index contributed by atoms with van der Waals surface area (Å²) in [6.07, 6.45) is 2.30. The molecule has 4 atom stereocenters. The first-order valence-corrected chi connectivity index (χ1v) is 12.1. The number of hydrogen-bond donors (Lipinski definition) is 5. The van der Waals surface area contributed by atoms with Crippen molar-refractivity contribution in [1.29, 1.82) is 0 Å². The molecule has 2 aliphatic heterocycles. The van der Waals surface area contributed by atoms with E-state index in [1.54, 1.807) is 12.1 Å². The maximum Gasteiger partial charge on any atom is 0.320 e. The minimum Gasteiger partial charge on any atom is -0.489 e. The molecule has 0 radical (unpaired) electrons. The molecule has 2 aliphatic rings. The van der Waals surface area contributed by atoms with Gasteiger partial charge in [0.05, 0.1) is 18.1 Å². The number of aliphatic carboxylic acids is 1. The second-order valence-corrected chi connectivity index (χ2v) is 9.59. The van der Waals surface area contributed by atoms with Crippen LogP contribution in [0, 0.1) is 0 Å². The van der Waals surface area contributed by atoms with Gasteiger partial charge in [0.15, 0.2) is 0 Å².